The van der Waals surface area contributed by atoms with Crippen molar-refractivity contribution in [2.75, 3.05) is 19.6 Å². The topological polar surface area (TPSA) is 15.3 Å². The van der Waals surface area contributed by atoms with Crippen LogP contribution < -0.4 is 5.32 Å². The third kappa shape index (κ3) is 3.63. The average Bonchev–Trinajstić information content (AvgIpc) is 2.63. The molecule has 120 valence electrons. The highest BCUT2D eigenvalue weighted by molar-refractivity contribution is 7.99. The lowest BCUT2D eigenvalue weighted by Crippen LogP contribution is -2.55. The third-order valence-electron chi connectivity index (χ3n) is 5.15. The second kappa shape index (κ2) is 7.08. The first-order chi connectivity index (χ1) is 11.4. The zero-order valence-electron chi connectivity index (χ0n) is 13.4. The van der Waals surface area contributed by atoms with Crippen molar-refractivity contribution in [1.29, 1.82) is 0 Å². The van der Waals surface area contributed by atoms with Gasteiger partial charge in [0.25, 0.3) is 0 Å². The molecule has 2 nitrogen and oxygen atoms in total. The average molecular weight is 324 g/mol. The molecule has 3 heterocycles. The van der Waals surface area contributed by atoms with E-state index in [4.69, 9.17) is 0 Å². The maximum Gasteiger partial charge on any atom is 0.0227 e. The lowest BCUT2D eigenvalue weighted by molar-refractivity contribution is 0.0719. The second-order valence-electron chi connectivity index (χ2n) is 6.65. The first-order valence-electron chi connectivity index (χ1n) is 8.65. The lowest BCUT2D eigenvalue weighted by Gasteiger charge is -2.45. The summed E-state index contributed by atoms with van der Waals surface area (Å²) in [5.74, 6) is 0.883. The molecule has 0 spiro atoms. The van der Waals surface area contributed by atoms with E-state index in [-0.39, 0.29) is 0 Å². The van der Waals surface area contributed by atoms with Crippen LogP contribution in [0.4, 0.5) is 0 Å². The van der Waals surface area contributed by atoms with Crippen LogP contribution in [0.3, 0.4) is 0 Å². The van der Waals surface area contributed by atoms with Gasteiger partial charge in [-0.3, -0.25) is 0 Å². The van der Waals surface area contributed by atoms with E-state index in [2.05, 4.69) is 64.8 Å². The molecule has 3 heteroatoms. The van der Waals surface area contributed by atoms with Gasteiger partial charge in [-0.25, -0.2) is 0 Å². The molecule has 2 aromatic carbocycles. The summed E-state index contributed by atoms with van der Waals surface area (Å²) in [5, 5.41) is 3.84. The summed E-state index contributed by atoms with van der Waals surface area (Å²) in [4.78, 5) is 5.29. The minimum absolute atomic E-state index is 0.673. The summed E-state index contributed by atoms with van der Waals surface area (Å²) in [6.07, 6.45) is 2.75. The summed E-state index contributed by atoms with van der Waals surface area (Å²) in [7, 11) is 0. The predicted molar refractivity (Wildman–Crippen MR) is 96.8 cm³/mol. The van der Waals surface area contributed by atoms with Crippen molar-refractivity contribution in [2.45, 2.75) is 35.2 Å². The van der Waals surface area contributed by atoms with Crippen molar-refractivity contribution < 1.29 is 0 Å². The molecular formula is C20H24N2S. The van der Waals surface area contributed by atoms with E-state index in [1.165, 1.54) is 47.8 Å². The lowest BCUT2D eigenvalue weighted by atomic mass is 9.84. The molecule has 3 fully saturated rings. The van der Waals surface area contributed by atoms with E-state index < -0.39 is 0 Å². The van der Waals surface area contributed by atoms with E-state index in [9.17, 15) is 0 Å². The van der Waals surface area contributed by atoms with E-state index in [1.54, 1.807) is 0 Å². The van der Waals surface area contributed by atoms with Gasteiger partial charge in [0.1, 0.15) is 0 Å². The molecule has 2 aromatic rings. The van der Waals surface area contributed by atoms with Crippen LogP contribution in [0.25, 0.3) is 0 Å². The van der Waals surface area contributed by atoms with Crippen LogP contribution in [0.1, 0.15) is 18.4 Å². The summed E-state index contributed by atoms with van der Waals surface area (Å²) < 4.78 is 0. The first kappa shape index (κ1) is 15.3. The molecule has 23 heavy (non-hydrogen) atoms. The fraction of sp³-hybridized carbons (Fsp3) is 0.400. The molecule has 1 N–H and O–H groups in total. The summed E-state index contributed by atoms with van der Waals surface area (Å²) in [5.41, 5.74) is 1.41. The summed E-state index contributed by atoms with van der Waals surface area (Å²) in [6, 6.07) is 20.1. The van der Waals surface area contributed by atoms with Crippen LogP contribution in [0.5, 0.6) is 0 Å². The van der Waals surface area contributed by atoms with E-state index in [1.807, 2.05) is 11.8 Å². The van der Waals surface area contributed by atoms with Crippen molar-refractivity contribution in [3.63, 3.8) is 0 Å². The Morgan fingerprint density at radius 2 is 1.70 bits per heavy atom. The Balaban J connectivity index is 1.43. The zero-order valence-corrected chi connectivity index (χ0v) is 14.3. The molecule has 5 rings (SSSR count). The van der Waals surface area contributed by atoms with Gasteiger partial charge in [0.05, 0.1) is 0 Å². The number of hydrogen-bond acceptors (Lipinski definition) is 3. The molecule has 3 aliphatic heterocycles. The molecule has 0 amide bonds. The third-order valence-corrected chi connectivity index (χ3v) is 6.28. The SMILES string of the molecule is c1ccc(Sc2ccccc2CNC2CN3CCC2CC3)cc1. The van der Waals surface area contributed by atoms with Crippen molar-refractivity contribution in [3.05, 3.63) is 60.2 Å². The van der Waals surface area contributed by atoms with Gasteiger partial charge in [0.2, 0.25) is 0 Å². The Hall–Kier alpha value is -1.29. The first-order valence-corrected chi connectivity index (χ1v) is 9.47. The number of rotatable bonds is 5. The largest absolute Gasteiger partial charge is 0.308 e. The van der Waals surface area contributed by atoms with Crippen LogP contribution in [0.15, 0.2) is 64.4 Å². The normalized spacial score (nSPS) is 26.3. The van der Waals surface area contributed by atoms with Gasteiger partial charge in [0, 0.05) is 28.9 Å². The molecule has 0 aliphatic carbocycles. The Morgan fingerprint density at radius 3 is 2.43 bits per heavy atom. The molecule has 3 aliphatic rings. The molecule has 1 unspecified atom stereocenters. The Morgan fingerprint density at radius 1 is 0.957 bits per heavy atom. The van der Waals surface area contributed by atoms with E-state index in [0.717, 1.165) is 12.5 Å². The minimum Gasteiger partial charge on any atom is -0.308 e. The smallest absolute Gasteiger partial charge is 0.0227 e. The zero-order chi connectivity index (χ0) is 15.5. The number of nitrogens with one attached hydrogen (secondary N) is 1. The number of nitrogens with zero attached hydrogens (tertiary/aromatic N) is 1. The van der Waals surface area contributed by atoms with Gasteiger partial charge in [-0.2, -0.15) is 0 Å². The van der Waals surface area contributed by atoms with E-state index >= 15 is 0 Å². The van der Waals surface area contributed by atoms with Crippen LogP contribution in [0, 0.1) is 5.92 Å². The van der Waals surface area contributed by atoms with Gasteiger partial charge in [-0.05, 0) is 55.6 Å². The highest BCUT2D eigenvalue weighted by Crippen LogP contribution is 2.31. The van der Waals surface area contributed by atoms with Crippen LogP contribution in [0.2, 0.25) is 0 Å². The molecule has 0 radical (unpaired) electrons. The van der Waals surface area contributed by atoms with Crippen molar-refractivity contribution in [2.24, 2.45) is 5.92 Å². The Kier molecular flexibility index (Phi) is 4.69. The van der Waals surface area contributed by atoms with Gasteiger partial charge < -0.3 is 10.2 Å². The number of fused-ring (bicyclic) bond motifs is 3. The number of benzene rings is 2. The van der Waals surface area contributed by atoms with Gasteiger partial charge >= 0.3 is 0 Å². The standard InChI is InChI=1S/C20H24N2S/c1-2-7-18(8-3-1)23-20-9-5-4-6-17(20)14-21-19-15-22-12-10-16(19)11-13-22/h1-9,16,19,21H,10-15H2. The maximum atomic E-state index is 3.84. The molecule has 1 atom stereocenters. The van der Waals surface area contributed by atoms with Gasteiger partial charge in [-0.15, -0.1) is 0 Å². The summed E-state index contributed by atoms with van der Waals surface area (Å²) >= 11 is 1.87. The monoisotopic (exact) mass is 324 g/mol. The minimum atomic E-state index is 0.673. The highest BCUT2D eigenvalue weighted by Gasteiger charge is 2.33. The van der Waals surface area contributed by atoms with Crippen LogP contribution in [-0.4, -0.2) is 30.6 Å². The summed E-state index contributed by atoms with van der Waals surface area (Å²) in [6.45, 7) is 4.83. The molecule has 2 bridgehead atoms. The van der Waals surface area contributed by atoms with E-state index in [0.29, 0.717) is 6.04 Å². The molecule has 0 aromatic heterocycles. The predicted octanol–water partition coefficient (Wildman–Crippen LogP) is 4.02. The fourth-order valence-corrected chi connectivity index (χ4v) is 4.77. The second-order valence-corrected chi connectivity index (χ2v) is 7.76. The number of piperidine rings is 3. The Bertz CT molecular complexity index is 635. The van der Waals surface area contributed by atoms with Crippen molar-refractivity contribution in [3.8, 4) is 0 Å². The van der Waals surface area contributed by atoms with Crippen LogP contribution in [-0.2, 0) is 6.54 Å². The fourth-order valence-electron chi connectivity index (χ4n) is 3.80. The van der Waals surface area contributed by atoms with Gasteiger partial charge in [0.15, 0.2) is 0 Å². The van der Waals surface area contributed by atoms with Gasteiger partial charge in [-0.1, -0.05) is 48.2 Å². The van der Waals surface area contributed by atoms with Crippen LogP contribution >= 0.6 is 11.8 Å². The van der Waals surface area contributed by atoms with Crippen molar-refractivity contribution >= 4 is 11.8 Å². The Labute approximate surface area is 143 Å². The highest BCUT2D eigenvalue weighted by atomic mass is 32.2. The maximum absolute atomic E-state index is 3.84. The number of hydrogen-bond donors (Lipinski definition) is 1. The molecular weight excluding hydrogens is 300 g/mol. The van der Waals surface area contributed by atoms with Crippen molar-refractivity contribution in [1.82, 2.24) is 10.2 Å². The quantitative estimate of drug-likeness (QED) is 0.894. The molecule has 3 saturated heterocycles. The molecule has 0 saturated carbocycles.